The highest BCUT2D eigenvalue weighted by Crippen LogP contribution is 2.37. The van der Waals surface area contributed by atoms with Crippen molar-refractivity contribution in [2.75, 3.05) is 24.5 Å². The molecule has 2 heterocycles. The van der Waals surface area contributed by atoms with Gasteiger partial charge in [-0.15, -0.1) is 0 Å². The summed E-state index contributed by atoms with van der Waals surface area (Å²) in [4.78, 5) is 20.1. The van der Waals surface area contributed by atoms with E-state index in [2.05, 4.69) is 4.98 Å². The minimum atomic E-state index is -4.76. The van der Waals surface area contributed by atoms with E-state index in [0.717, 1.165) is 23.5 Å². The molecule has 5 nitrogen and oxygen atoms in total. The average Bonchev–Trinajstić information content (AvgIpc) is 2.93. The summed E-state index contributed by atoms with van der Waals surface area (Å²) in [5.74, 6) is -1.33. The van der Waals surface area contributed by atoms with Gasteiger partial charge in [0.15, 0.2) is 5.13 Å². The predicted octanol–water partition coefficient (Wildman–Crippen LogP) is 4.90. The Balaban J connectivity index is 1.79. The molecule has 3 rings (SSSR count). The first-order valence-electron chi connectivity index (χ1n) is 8.77. The third-order valence-electron chi connectivity index (χ3n) is 4.30. The number of piperazine rings is 1. The van der Waals surface area contributed by atoms with Gasteiger partial charge in [-0.2, -0.15) is 13.2 Å². The van der Waals surface area contributed by atoms with Crippen molar-refractivity contribution in [3.63, 3.8) is 0 Å². The molecule has 1 aromatic carbocycles. The van der Waals surface area contributed by atoms with Crippen molar-refractivity contribution in [1.29, 1.82) is 0 Å². The molecule has 28 heavy (non-hydrogen) atoms. The van der Waals surface area contributed by atoms with Crippen molar-refractivity contribution in [3.05, 3.63) is 23.5 Å². The zero-order valence-corrected chi connectivity index (χ0v) is 16.7. The molecule has 1 fully saturated rings. The topological polar surface area (TPSA) is 45.7 Å². The molecule has 0 N–H and O–H groups in total. The van der Waals surface area contributed by atoms with E-state index >= 15 is 0 Å². The summed E-state index contributed by atoms with van der Waals surface area (Å²) in [7, 11) is 0. The third-order valence-corrected chi connectivity index (χ3v) is 5.35. The van der Waals surface area contributed by atoms with Crippen LogP contribution >= 0.6 is 11.3 Å². The highest BCUT2D eigenvalue weighted by atomic mass is 32.1. The first-order chi connectivity index (χ1) is 12.8. The van der Waals surface area contributed by atoms with Crippen LogP contribution in [0.5, 0.6) is 0 Å². The molecular formula is C18H21F4N3O2S. The molecule has 1 aliphatic heterocycles. The lowest BCUT2D eigenvalue weighted by atomic mass is 10.2. The molecule has 154 valence electrons. The first kappa shape index (κ1) is 20.6. The molecule has 0 unspecified atom stereocenters. The smallest absolute Gasteiger partial charge is 0.419 e. The number of benzene rings is 1. The predicted molar refractivity (Wildman–Crippen MR) is 99.2 cm³/mol. The molecule has 0 aliphatic carbocycles. The molecule has 0 bridgehead atoms. The van der Waals surface area contributed by atoms with E-state index in [9.17, 15) is 22.4 Å². The Morgan fingerprint density at radius 1 is 1.25 bits per heavy atom. The number of halogens is 4. The van der Waals surface area contributed by atoms with Crippen LogP contribution in [0.3, 0.4) is 0 Å². The highest BCUT2D eigenvalue weighted by molar-refractivity contribution is 7.22. The molecule has 10 heteroatoms. The second kappa shape index (κ2) is 7.06. The van der Waals surface area contributed by atoms with Crippen LogP contribution in [-0.2, 0) is 10.9 Å². The summed E-state index contributed by atoms with van der Waals surface area (Å²) >= 11 is 1.08. The first-order valence-corrected chi connectivity index (χ1v) is 9.58. The van der Waals surface area contributed by atoms with Crippen LogP contribution in [0.15, 0.2) is 12.1 Å². The highest BCUT2D eigenvalue weighted by Gasteiger charge is 2.35. The van der Waals surface area contributed by atoms with Crippen LogP contribution in [0.25, 0.3) is 10.2 Å². The fourth-order valence-corrected chi connectivity index (χ4v) is 4.13. The summed E-state index contributed by atoms with van der Waals surface area (Å²) < 4.78 is 58.2. The fourth-order valence-electron chi connectivity index (χ4n) is 3.01. The molecule has 0 saturated carbocycles. The maximum Gasteiger partial charge on any atom is 0.419 e. The zero-order chi connectivity index (χ0) is 20.9. The molecule has 1 atom stereocenters. The third kappa shape index (κ3) is 4.31. The number of anilines is 1. The Kier molecular flexibility index (Phi) is 5.20. The van der Waals surface area contributed by atoms with Crippen LogP contribution in [0.2, 0.25) is 0 Å². The summed E-state index contributed by atoms with van der Waals surface area (Å²) in [6.45, 7) is 8.52. The molecule has 2 aromatic rings. The van der Waals surface area contributed by atoms with Gasteiger partial charge in [0.1, 0.15) is 11.4 Å². The van der Waals surface area contributed by atoms with Crippen LogP contribution in [-0.4, -0.2) is 47.3 Å². The van der Waals surface area contributed by atoms with Gasteiger partial charge in [0.2, 0.25) is 0 Å². The van der Waals surface area contributed by atoms with E-state index in [1.165, 1.54) is 0 Å². The quantitative estimate of drug-likeness (QED) is 0.617. The normalized spacial score (nSPS) is 18.6. The summed E-state index contributed by atoms with van der Waals surface area (Å²) in [6, 6.07) is 1.50. The standard InChI is InChI=1S/C18H21F4N3O2S/c1-10-9-24(16(26)27-17(2,3)4)5-6-25(10)15-23-13-8-12(19)11(18(20,21)22)7-14(13)28-15/h7-8,10H,5-6,9H2,1-4H3/t10-/m0/s1. The number of fused-ring (bicyclic) bond motifs is 1. The Bertz CT molecular complexity index is 891. The maximum atomic E-state index is 13.8. The summed E-state index contributed by atoms with van der Waals surface area (Å²) in [6.07, 6.45) is -5.16. The average molecular weight is 419 g/mol. The van der Waals surface area contributed by atoms with Gasteiger partial charge in [-0.25, -0.2) is 14.2 Å². The van der Waals surface area contributed by atoms with Crippen molar-refractivity contribution in [2.24, 2.45) is 0 Å². The number of rotatable bonds is 1. The Labute approximate surface area is 163 Å². The number of alkyl halides is 3. The van der Waals surface area contributed by atoms with E-state index in [0.29, 0.717) is 24.8 Å². The minimum absolute atomic E-state index is 0.117. The second-order valence-electron chi connectivity index (χ2n) is 7.76. The number of hydrogen-bond donors (Lipinski definition) is 0. The van der Waals surface area contributed by atoms with E-state index < -0.39 is 29.3 Å². The van der Waals surface area contributed by atoms with Gasteiger partial charge in [-0.3, -0.25) is 0 Å². The maximum absolute atomic E-state index is 13.8. The van der Waals surface area contributed by atoms with Crippen molar-refractivity contribution < 1.29 is 27.1 Å². The Hall–Kier alpha value is -2.10. The van der Waals surface area contributed by atoms with Crippen molar-refractivity contribution >= 4 is 32.8 Å². The van der Waals surface area contributed by atoms with Gasteiger partial charge in [0, 0.05) is 31.7 Å². The van der Waals surface area contributed by atoms with Gasteiger partial charge >= 0.3 is 12.3 Å². The van der Waals surface area contributed by atoms with Gasteiger partial charge in [-0.1, -0.05) is 11.3 Å². The molecule has 0 spiro atoms. The summed E-state index contributed by atoms with van der Waals surface area (Å²) in [5.41, 5.74) is -1.70. The summed E-state index contributed by atoms with van der Waals surface area (Å²) in [5, 5.41) is 0.505. The Morgan fingerprint density at radius 3 is 2.50 bits per heavy atom. The molecule has 1 saturated heterocycles. The van der Waals surface area contributed by atoms with Crippen molar-refractivity contribution in [3.8, 4) is 0 Å². The van der Waals surface area contributed by atoms with Gasteiger partial charge in [0.25, 0.3) is 0 Å². The van der Waals surface area contributed by atoms with E-state index in [1.807, 2.05) is 11.8 Å². The SMILES string of the molecule is C[C@H]1CN(C(=O)OC(C)(C)C)CCN1c1nc2cc(F)c(C(F)(F)F)cc2s1. The minimum Gasteiger partial charge on any atom is -0.444 e. The van der Waals surface area contributed by atoms with Gasteiger partial charge in [0.05, 0.1) is 15.8 Å². The lowest BCUT2D eigenvalue weighted by molar-refractivity contribution is -0.139. The number of amides is 1. The second-order valence-corrected chi connectivity index (χ2v) is 8.77. The number of thiazole rings is 1. The molecular weight excluding hydrogens is 398 g/mol. The number of hydrogen-bond acceptors (Lipinski definition) is 5. The zero-order valence-electron chi connectivity index (χ0n) is 15.9. The van der Waals surface area contributed by atoms with Crippen molar-refractivity contribution in [1.82, 2.24) is 9.88 Å². The fraction of sp³-hybridized carbons (Fsp3) is 0.556. The van der Waals surface area contributed by atoms with E-state index in [-0.39, 0.29) is 16.3 Å². The molecule has 1 aromatic heterocycles. The number of nitrogens with zero attached hydrogens (tertiary/aromatic N) is 3. The number of ether oxygens (including phenoxy) is 1. The number of carbonyl (C=O) groups excluding carboxylic acids is 1. The van der Waals surface area contributed by atoms with Crippen molar-refractivity contribution in [2.45, 2.75) is 45.5 Å². The molecule has 1 aliphatic rings. The number of aromatic nitrogens is 1. The van der Waals surface area contributed by atoms with Gasteiger partial charge < -0.3 is 14.5 Å². The van der Waals surface area contributed by atoms with Crippen LogP contribution in [0, 0.1) is 5.82 Å². The van der Waals surface area contributed by atoms with E-state index in [1.54, 1.807) is 25.7 Å². The monoisotopic (exact) mass is 419 g/mol. The van der Waals surface area contributed by atoms with Crippen LogP contribution in [0.4, 0.5) is 27.5 Å². The number of carbonyl (C=O) groups is 1. The lowest BCUT2D eigenvalue weighted by Crippen LogP contribution is -2.54. The largest absolute Gasteiger partial charge is 0.444 e. The Morgan fingerprint density at radius 2 is 1.93 bits per heavy atom. The van der Waals surface area contributed by atoms with Crippen LogP contribution in [0.1, 0.15) is 33.3 Å². The van der Waals surface area contributed by atoms with E-state index in [4.69, 9.17) is 4.74 Å². The van der Waals surface area contributed by atoms with Crippen LogP contribution < -0.4 is 4.90 Å². The molecule has 0 radical (unpaired) electrons. The molecule has 1 amide bonds. The lowest BCUT2D eigenvalue weighted by Gasteiger charge is -2.40. The van der Waals surface area contributed by atoms with Gasteiger partial charge in [-0.05, 0) is 33.8 Å².